The summed E-state index contributed by atoms with van der Waals surface area (Å²) < 4.78 is 5.92. The van der Waals surface area contributed by atoms with Gasteiger partial charge in [-0.3, -0.25) is 0 Å². The van der Waals surface area contributed by atoms with Crippen molar-refractivity contribution in [3.05, 3.63) is 30.1 Å². The molecule has 0 unspecified atom stereocenters. The highest BCUT2D eigenvalue weighted by atomic mass is 16.4. The van der Waals surface area contributed by atoms with Crippen LogP contribution in [0.25, 0.3) is 22.1 Å². The fourth-order valence-corrected chi connectivity index (χ4v) is 3.16. The molecule has 1 fully saturated rings. The zero-order valence-electron chi connectivity index (χ0n) is 12.1. The van der Waals surface area contributed by atoms with E-state index >= 15 is 0 Å². The number of aliphatic carboxylic acids is 1. The topological polar surface area (TPSA) is 79.5 Å². The Bertz CT molecular complexity index is 887. The lowest BCUT2D eigenvalue weighted by Gasteiger charge is -2.22. The number of anilines is 1. The van der Waals surface area contributed by atoms with Crippen LogP contribution in [-0.2, 0) is 4.79 Å². The minimum absolute atomic E-state index is 0.550. The first-order valence-electron chi connectivity index (χ1n) is 7.30. The number of nitrogens with zero attached hydrogens (tertiary/aromatic N) is 3. The zero-order chi connectivity index (χ0) is 15.3. The molecule has 1 aliphatic heterocycles. The Labute approximate surface area is 126 Å². The largest absolute Gasteiger partial charge is 0.480 e. The van der Waals surface area contributed by atoms with E-state index in [1.54, 1.807) is 0 Å². The van der Waals surface area contributed by atoms with Crippen molar-refractivity contribution >= 4 is 33.9 Å². The molecule has 4 rings (SSSR count). The molecule has 3 heterocycles. The Balaban J connectivity index is 1.99. The van der Waals surface area contributed by atoms with Gasteiger partial charge in [0, 0.05) is 11.9 Å². The number of carbonyl (C=O) groups is 1. The molecular weight excluding hydrogens is 282 g/mol. The molecule has 0 radical (unpaired) electrons. The van der Waals surface area contributed by atoms with Crippen LogP contribution in [0.5, 0.6) is 0 Å². The molecular formula is C16H15N3O3. The SMILES string of the molecule is Cc1nc(N2CCC[C@H]2C(=O)O)c2oc3ccccc3c2n1. The maximum absolute atomic E-state index is 11.5. The van der Waals surface area contributed by atoms with E-state index in [9.17, 15) is 9.90 Å². The molecule has 0 aliphatic carbocycles. The molecule has 6 nitrogen and oxygen atoms in total. The monoisotopic (exact) mass is 297 g/mol. The first-order valence-corrected chi connectivity index (χ1v) is 7.30. The van der Waals surface area contributed by atoms with Crippen molar-refractivity contribution in [2.45, 2.75) is 25.8 Å². The number of carboxylic acid groups (broad SMARTS) is 1. The highest BCUT2D eigenvalue weighted by Crippen LogP contribution is 2.35. The summed E-state index contributed by atoms with van der Waals surface area (Å²) in [5.74, 6) is 0.381. The number of carboxylic acids is 1. The Morgan fingerprint density at radius 2 is 2.18 bits per heavy atom. The minimum Gasteiger partial charge on any atom is -0.480 e. The fourth-order valence-electron chi connectivity index (χ4n) is 3.16. The Morgan fingerprint density at radius 3 is 3.00 bits per heavy atom. The summed E-state index contributed by atoms with van der Waals surface area (Å²) in [5.41, 5.74) is 2.05. The van der Waals surface area contributed by atoms with E-state index in [-0.39, 0.29) is 0 Å². The van der Waals surface area contributed by atoms with Crippen molar-refractivity contribution in [3.63, 3.8) is 0 Å². The second-order valence-electron chi connectivity index (χ2n) is 5.56. The Hall–Kier alpha value is -2.63. The van der Waals surface area contributed by atoms with Gasteiger partial charge in [-0.2, -0.15) is 0 Å². The molecule has 1 saturated heterocycles. The summed E-state index contributed by atoms with van der Waals surface area (Å²) in [5, 5.41) is 10.3. The van der Waals surface area contributed by atoms with Crippen LogP contribution < -0.4 is 4.90 Å². The molecule has 1 aromatic carbocycles. The standard InChI is InChI=1S/C16H15N3O3/c1-9-17-13-10-5-2-3-7-12(10)22-14(13)15(18-9)19-8-4-6-11(19)16(20)21/h2-3,5,7,11H,4,6,8H2,1H3,(H,20,21)/t11-/m0/s1. The van der Waals surface area contributed by atoms with Gasteiger partial charge in [0.2, 0.25) is 0 Å². The molecule has 112 valence electrons. The second kappa shape index (κ2) is 4.69. The van der Waals surface area contributed by atoms with Crippen molar-refractivity contribution in [1.29, 1.82) is 0 Å². The number of aryl methyl sites for hydroxylation is 1. The molecule has 0 saturated carbocycles. The van der Waals surface area contributed by atoms with Gasteiger partial charge in [-0.1, -0.05) is 12.1 Å². The number of benzene rings is 1. The average molecular weight is 297 g/mol. The van der Waals surface area contributed by atoms with Gasteiger partial charge in [0.15, 0.2) is 11.4 Å². The summed E-state index contributed by atoms with van der Waals surface area (Å²) in [6.07, 6.45) is 1.46. The molecule has 1 atom stereocenters. The number of aromatic nitrogens is 2. The highest BCUT2D eigenvalue weighted by Gasteiger charge is 2.33. The average Bonchev–Trinajstić information content (AvgIpc) is 3.11. The quantitative estimate of drug-likeness (QED) is 0.783. The lowest BCUT2D eigenvalue weighted by atomic mass is 10.2. The van der Waals surface area contributed by atoms with E-state index < -0.39 is 12.0 Å². The molecule has 0 amide bonds. The lowest BCUT2D eigenvalue weighted by molar-refractivity contribution is -0.138. The van der Waals surface area contributed by atoms with E-state index in [0.717, 1.165) is 22.9 Å². The third kappa shape index (κ3) is 1.83. The van der Waals surface area contributed by atoms with Gasteiger partial charge in [-0.15, -0.1) is 0 Å². The number of rotatable bonds is 2. The van der Waals surface area contributed by atoms with Gasteiger partial charge in [0.1, 0.15) is 23.0 Å². The van der Waals surface area contributed by atoms with Crippen LogP contribution in [0.2, 0.25) is 0 Å². The summed E-state index contributed by atoms with van der Waals surface area (Å²) in [7, 11) is 0. The minimum atomic E-state index is -0.821. The van der Waals surface area contributed by atoms with Gasteiger partial charge in [0.05, 0.1) is 0 Å². The normalized spacial score (nSPS) is 18.4. The van der Waals surface area contributed by atoms with Gasteiger partial charge in [-0.05, 0) is 31.9 Å². The van der Waals surface area contributed by atoms with Crippen LogP contribution in [0.15, 0.2) is 28.7 Å². The Kier molecular flexibility index (Phi) is 2.79. The second-order valence-corrected chi connectivity index (χ2v) is 5.56. The smallest absolute Gasteiger partial charge is 0.326 e. The van der Waals surface area contributed by atoms with Crippen LogP contribution in [0.4, 0.5) is 5.82 Å². The summed E-state index contributed by atoms with van der Waals surface area (Å²) in [6.45, 7) is 2.48. The van der Waals surface area contributed by atoms with E-state index in [4.69, 9.17) is 4.42 Å². The third-order valence-corrected chi connectivity index (χ3v) is 4.12. The van der Waals surface area contributed by atoms with Gasteiger partial charge >= 0.3 is 5.97 Å². The first kappa shape index (κ1) is 13.1. The van der Waals surface area contributed by atoms with Crippen molar-refractivity contribution in [2.24, 2.45) is 0 Å². The van der Waals surface area contributed by atoms with E-state index in [0.29, 0.717) is 30.2 Å². The van der Waals surface area contributed by atoms with Gasteiger partial charge < -0.3 is 14.4 Å². The summed E-state index contributed by atoms with van der Waals surface area (Å²) >= 11 is 0. The molecule has 1 aliphatic rings. The molecule has 0 bridgehead atoms. The number of furan rings is 1. The van der Waals surface area contributed by atoms with Crippen LogP contribution in [0, 0.1) is 6.92 Å². The number of hydrogen-bond acceptors (Lipinski definition) is 5. The molecule has 22 heavy (non-hydrogen) atoms. The molecule has 6 heteroatoms. The maximum atomic E-state index is 11.5. The zero-order valence-corrected chi connectivity index (χ0v) is 12.1. The number of para-hydroxylation sites is 1. The highest BCUT2D eigenvalue weighted by molar-refractivity contribution is 6.06. The van der Waals surface area contributed by atoms with Crippen molar-refractivity contribution in [1.82, 2.24) is 9.97 Å². The predicted molar refractivity (Wildman–Crippen MR) is 82.1 cm³/mol. The predicted octanol–water partition coefficient (Wildman–Crippen LogP) is 2.74. The van der Waals surface area contributed by atoms with Crippen LogP contribution in [-0.4, -0.2) is 33.6 Å². The van der Waals surface area contributed by atoms with Gasteiger partial charge in [0.25, 0.3) is 0 Å². The van der Waals surface area contributed by atoms with Crippen LogP contribution in [0.1, 0.15) is 18.7 Å². The first-order chi connectivity index (χ1) is 10.6. The van der Waals surface area contributed by atoms with Crippen molar-refractivity contribution in [3.8, 4) is 0 Å². The maximum Gasteiger partial charge on any atom is 0.326 e. The Morgan fingerprint density at radius 1 is 1.36 bits per heavy atom. The lowest BCUT2D eigenvalue weighted by Crippen LogP contribution is -2.36. The van der Waals surface area contributed by atoms with Crippen LogP contribution >= 0.6 is 0 Å². The van der Waals surface area contributed by atoms with Crippen molar-refractivity contribution < 1.29 is 14.3 Å². The van der Waals surface area contributed by atoms with E-state index in [1.165, 1.54) is 0 Å². The molecule has 3 aromatic rings. The van der Waals surface area contributed by atoms with E-state index in [1.807, 2.05) is 36.1 Å². The fraction of sp³-hybridized carbons (Fsp3) is 0.312. The number of fused-ring (bicyclic) bond motifs is 3. The number of hydrogen-bond donors (Lipinski definition) is 1. The van der Waals surface area contributed by atoms with E-state index in [2.05, 4.69) is 9.97 Å². The third-order valence-electron chi connectivity index (χ3n) is 4.12. The van der Waals surface area contributed by atoms with Crippen LogP contribution in [0.3, 0.4) is 0 Å². The van der Waals surface area contributed by atoms with Crippen molar-refractivity contribution in [2.75, 3.05) is 11.4 Å². The molecule has 2 aromatic heterocycles. The van der Waals surface area contributed by atoms with Gasteiger partial charge in [-0.25, -0.2) is 14.8 Å². The summed E-state index contributed by atoms with van der Waals surface area (Å²) in [6, 6.07) is 7.13. The molecule has 1 N–H and O–H groups in total. The summed E-state index contributed by atoms with van der Waals surface area (Å²) in [4.78, 5) is 22.2. The molecule has 0 spiro atoms.